The zero-order chi connectivity index (χ0) is 22.8. The smallest absolute Gasteiger partial charge is 0.213 e. The molecule has 0 unspecified atom stereocenters. The molecule has 3 heterocycles. The summed E-state index contributed by atoms with van der Waals surface area (Å²) in [5, 5.41) is 5.88. The van der Waals surface area contributed by atoms with Gasteiger partial charge in [0.1, 0.15) is 5.82 Å². The van der Waals surface area contributed by atoms with Gasteiger partial charge in [-0.25, -0.2) is 15.0 Å². The summed E-state index contributed by atoms with van der Waals surface area (Å²) < 4.78 is 5.25. The Labute approximate surface area is 193 Å². The van der Waals surface area contributed by atoms with Crippen LogP contribution in [0.3, 0.4) is 0 Å². The Morgan fingerprint density at radius 2 is 1.97 bits per heavy atom. The van der Waals surface area contributed by atoms with Gasteiger partial charge in [0.25, 0.3) is 0 Å². The number of rotatable bonds is 6. The Bertz CT molecular complexity index is 1280. The van der Waals surface area contributed by atoms with E-state index in [0.29, 0.717) is 5.88 Å². The van der Waals surface area contributed by atoms with Gasteiger partial charge in [0.15, 0.2) is 0 Å². The number of aromatic amines is 1. The van der Waals surface area contributed by atoms with Crippen LogP contribution in [0.5, 0.6) is 5.88 Å². The fraction of sp³-hybridized carbons (Fsp3) is 0.231. The summed E-state index contributed by atoms with van der Waals surface area (Å²) in [6, 6.07) is 18.6. The molecule has 0 saturated heterocycles. The standard InChI is InChI=1S/C26H28N6O/c1-17-10-11-19(29-22-7-4-6-18-16-32(27-2)13-12-20(18)22)14-21(17)26-28-15-24(31-26)23-8-5-9-25(30-23)33-3/h4-11,14-15,27,29H,12-13,16H2,1-3H3,(H,28,31). The van der Waals surface area contributed by atoms with E-state index in [1.54, 1.807) is 7.11 Å². The van der Waals surface area contributed by atoms with Gasteiger partial charge >= 0.3 is 0 Å². The number of fused-ring (bicyclic) bond motifs is 1. The number of nitrogens with one attached hydrogen (secondary N) is 3. The van der Waals surface area contributed by atoms with E-state index in [1.165, 1.54) is 16.8 Å². The van der Waals surface area contributed by atoms with Crippen molar-refractivity contribution in [2.24, 2.45) is 0 Å². The van der Waals surface area contributed by atoms with Crippen molar-refractivity contribution >= 4 is 11.4 Å². The van der Waals surface area contributed by atoms with Crippen LogP contribution in [-0.2, 0) is 13.0 Å². The van der Waals surface area contributed by atoms with Crippen LogP contribution in [0.4, 0.5) is 11.4 Å². The average molecular weight is 441 g/mol. The molecule has 7 heteroatoms. The Balaban J connectivity index is 1.43. The fourth-order valence-corrected chi connectivity index (χ4v) is 4.29. The van der Waals surface area contributed by atoms with Gasteiger partial charge in [0.2, 0.25) is 5.88 Å². The third-order valence-electron chi connectivity index (χ3n) is 6.14. The third-order valence-corrected chi connectivity index (χ3v) is 6.14. The molecule has 0 aliphatic carbocycles. The fourth-order valence-electron chi connectivity index (χ4n) is 4.29. The largest absolute Gasteiger partial charge is 0.481 e. The first kappa shape index (κ1) is 21.2. The van der Waals surface area contributed by atoms with E-state index in [2.05, 4.69) is 74.0 Å². The SMILES string of the molecule is CNN1CCc2c(cccc2Nc2ccc(C)c(-c3ncc(-c4cccc(OC)n4)[nH]3)c2)C1. The molecule has 168 valence electrons. The second kappa shape index (κ2) is 9.05. The zero-order valence-corrected chi connectivity index (χ0v) is 19.1. The number of hydrogen-bond donors (Lipinski definition) is 3. The van der Waals surface area contributed by atoms with Gasteiger partial charge in [-0.1, -0.05) is 24.3 Å². The second-order valence-corrected chi connectivity index (χ2v) is 8.20. The lowest BCUT2D eigenvalue weighted by atomic mass is 9.98. The highest BCUT2D eigenvalue weighted by atomic mass is 16.5. The van der Waals surface area contributed by atoms with Crippen LogP contribution in [0, 0.1) is 6.92 Å². The maximum Gasteiger partial charge on any atom is 0.213 e. The number of hydrogen-bond acceptors (Lipinski definition) is 6. The highest BCUT2D eigenvalue weighted by Crippen LogP contribution is 2.31. The van der Waals surface area contributed by atoms with Crippen molar-refractivity contribution < 1.29 is 4.74 Å². The van der Waals surface area contributed by atoms with Crippen molar-refractivity contribution in [3.63, 3.8) is 0 Å². The zero-order valence-electron chi connectivity index (χ0n) is 19.1. The van der Waals surface area contributed by atoms with E-state index in [0.717, 1.165) is 53.5 Å². The van der Waals surface area contributed by atoms with Crippen LogP contribution in [0.15, 0.2) is 60.8 Å². The molecular weight excluding hydrogens is 412 g/mol. The van der Waals surface area contributed by atoms with Gasteiger partial charge in [-0.2, -0.15) is 0 Å². The topological polar surface area (TPSA) is 78.1 Å². The summed E-state index contributed by atoms with van der Waals surface area (Å²) in [6.45, 7) is 4.00. The molecule has 1 aliphatic heterocycles. The maximum absolute atomic E-state index is 5.25. The Kier molecular flexibility index (Phi) is 5.81. The lowest BCUT2D eigenvalue weighted by Gasteiger charge is -2.29. The van der Waals surface area contributed by atoms with Crippen molar-refractivity contribution in [3.05, 3.63) is 77.5 Å². The Morgan fingerprint density at radius 1 is 1.09 bits per heavy atom. The molecule has 3 N–H and O–H groups in total. The summed E-state index contributed by atoms with van der Waals surface area (Å²) in [5.74, 6) is 1.39. The summed E-state index contributed by atoms with van der Waals surface area (Å²) in [7, 11) is 3.60. The second-order valence-electron chi connectivity index (χ2n) is 8.20. The van der Waals surface area contributed by atoms with Gasteiger partial charge < -0.3 is 15.0 Å². The lowest BCUT2D eigenvalue weighted by molar-refractivity contribution is 0.189. The summed E-state index contributed by atoms with van der Waals surface area (Å²) in [5.41, 5.74) is 12.1. The minimum atomic E-state index is 0.579. The van der Waals surface area contributed by atoms with E-state index in [1.807, 2.05) is 31.4 Å². The Morgan fingerprint density at radius 3 is 2.82 bits per heavy atom. The van der Waals surface area contributed by atoms with Gasteiger partial charge in [0, 0.05) is 36.1 Å². The first-order valence-electron chi connectivity index (χ1n) is 11.1. The maximum atomic E-state index is 5.25. The molecule has 2 aromatic carbocycles. The van der Waals surface area contributed by atoms with Crippen molar-refractivity contribution in [2.75, 3.05) is 26.0 Å². The number of hydrazine groups is 1. The number of H-pyrrole nitrogens is 1. The van der Waals surface area contributed by atoms with Crippen LogP contribution in [0.1, 0.15) is 16.7 Å². The van der Waals surface area contributed by atoms with Crippen molar-refractivity contribution in [1.82, 2.24) is 25.4 Å². The van der Waals surface area contributed by atoms with Crippen LogP contribution in [0.2, 0.25) is 0 Å². The van der Waals surface area contributed by atoms with E-state index in [9.17, 15) is 0 Å². The summed E-state index contributed by atoms with van der Waals surface area (Å²) >= 11 is 0. The molecule has 4 aromatic rings. The number of ether oxygens (including phenoxy) is 1. The summed E-state index contributed by atoms with van der Waals surface area (Å²) in [4.78, 5) is 12.6. The van der Waals surface area contributed by atoms with Crippen LogP contribution >= 0.6 is 0 Å². The number of aromatic nitrogens is 3. The minimum Gasteiger partial charge on any atom is -0.481 e. The number of imidazole rings is 1. The molecule has 7 nitrogen and oxygen atoms in total. The van der Waals surface area contributed by atoms with Gasteiger partial charge in [-0.15, -0.1) is 0 Å². The molecular formula is C26H28N6O. The number of pyridine rings is 1. The number of benzene rings is 2. The molecule has 5 rings (SSSR count). The number of methoxy groups -OCH3 is 1. The summed E-state index contributed by atoms with van der Waals surface area (Å²) in [6.07, 6.45) is 2.82. The van der Waals surface area contributed by atoms with Crippen molar-refractivity contribution in [2.45, 2.75) is 19.9 Å². The van der Waals surface area contributed by atoms with E-state index >= 15 is 0 Å². The van der Waals surface area contributed by atoms with E-state index < -0.39 is 0 Å². The van der Waals surface area contributed by atoms with Crippen molar-refractivity contribution in [1.29, 1.82) is 0 Å². The first-order valence-corrected chi connectivity index (χ1v) is 11.1. The predicted octanol–water partition coefficient (Wildman–Crippen LogP) is 4.69. The molecule has 0 amide bonds. The normalized spacial score (nSPS) is 13.5. The van der Waals surface area contributed by atoms with Gasteiger partial charge in [-0.3, -0.25) is 5.43 Å². The third kappa shape index (κ3) is 4.33. The number of nitrogens with zero attached hydrogens (tertiary/aromatic N) is 3. The molecule has 0 fully saturated rings. The number of aryl methyl sites for hydroxylation is 1. The molecule has 0 saturated carbocycles. The molecule has 2 aromatic heterocycles. The minimum absolute atomic E-state index is 0.579. The van der Waals surface area contributed by atoms with Gasteiger partial charge in [-0.05, 0) is 61.3 Å². The molecule has 0 bridgehead atoms. The molecule has 0 radical (unpaired) electrons. The molecule has 0 spiro atoms. The van der Waals surface area contributed by atoms with Gasteiger partial charge in [0.05, 0.1) is 24.7 Å². The van der Waals surface area contributed by atoms with Crippen molar-refractivity contribution in [3.8, 4) is 28.7 Å². The highest BCUT2D eigenvalue weighted by Gasteiger charge is 2.18. The average Bonchev–Trinajstić information content (AvgIpc) is 3.35. The lowest BCUT2D eigenvalue weighted by Crippen LogP contribution is -2.39. The Hall–Kier alpha value is -3.68. The predicted molar refractivity (Wildman–Crippen MR) is 131 cm³/mol. The first-order chi connectivity index (χ1) is 16.1. The monoisotopic (exact) mass is 440 g/mol. The number of anilines is 2. The molecule has 33 heavy (non-hydrogen) atoms. The molecule has 0 atom stereocenters. The molecule has 1 aliphatic rings. The van der Waals surface area contributed by atoms with Crippen LogP contribution in [-0.4, -0.2) is 40.7 Å². The van der Waals surface area contributed by atoms with E-state index in [4.69, 9.17) is 4.74 Å². The highest BCUT2D eigenvalue weighted by molar-refractivity contribution is 5.73. The quantitative estimate of drug-likeness (QED) is 0.404. The van der Waals surface area contributed by atoms with E-state index in [-0.39, 0.29) is 0 Å². The van der Waals surface area contributed by atoms with Crippen LogP contribution < -0.4 is 15.5 Å². The van der Waals surface area contributed by atoms with Crippen LogP contribution in [0.25, 0.3) is 22.8 Å².